The molecular weight excluding hydrogens is 202 g/mol. The first-order chi connectivity index (χ1) is 7.70. The number of para-hydroxylation sites is 1. The summed E-state index contributed by atoms with van der Waals surface area (Å²) >= 11 is 0. The Morgan fingerprint density at radius 1 is 1.12 bits per heavy atom. The number of aliphatic hydroxyl groups is 1. The number of nitrogens with zero attached hydrogens (tertiary/aromatic N) is 3. The van der Waals surface area contributed by atoms with Gasteiger partial charge in [-0.05, 0) is 19.1 Å². The number of aliphatic hydroxyl groups excluding tert-OH is 1. The average molecular weight is 223 g/mol. The lowest BCUT2D eigenvalue weighted by atomic mass is 10.3. The Bertz CT molecular complexity index is 290. The van der Waals surface area contributed by atoms with E-state index in [0.29, 0.717) is 6.54 Å². The molecule has 0 radical (unpaired) electrons. The molecule has 0 spiro atoms. The zero-order chi connectivity index (χ0) is 12.0. The van der Waals surface area contributed by atoms with Gasteiger partial charge in [0.25, 0.3) is 0 Å². The molecule has 1 aromatic rings. The Morgan fingerprint density at radius 3 is 2.19 bits per heavy atom. The molecule has 0 amide bonds. The van der Waals surface area contributed by atoms with Gasteiger partial charge in [0.2, 0.25) is 0 Å². The summed E-state index contributed by atoms with van der Waals surface area (Å²) in [7, 11) is 3.99. The fourth-order valence-electron chi connectivity index (χ4n) is 1.74. The van der Waals surface area contributed by atoms with Crippen LogP contribution in [0, 0.1) is 0 Å². The third-order valence-corrected chi connectivity index (χ3v) is 2.39. The van der Waals surface area contributed by atoms with Crippen LogP contribution in [-0.4, -0.2) is 49.0 Å². The van der Waals surface area contributed by atoms with E-state index in [-0.39, 0.29) is 6.61 Å². The standard InChI is InChI=1S/C12H21N3O/c1-4-15(13(2)3)14(10-11-16)12-8-6-5-7-9-12/h5-9,16H,4,10-11H2,1-3H3. The van der Waals surface area contributed by atoms with Crippen molar-refractivity contribution in [1.82, 2.24) is 10.1 Å². The van der Waals surface area contributed by atoms with Crippen LogP contribution in [0.4, 0.5) is 5.69 Å². The minimum Gasteiger partial charge on any atom is -0.394 e. The van der Waals surface area contributed by atoms with Crippen molar-refractivity contribution in [1.29, 1.82) is 0 Å². The minimum atomic E-state index is 0.138. The SMILES string of the molecule is CCN(N(C)C)N(CCO)c1ccccc1. The Hall–Kier alpha value is -1.10. The van der Waals surface area contributed by atoms with Gasteiger partial charge in [-0.1, -0.05) is 18.2 Å². The van der Waals surface area contributed by atoms with Crippen molar-refractivity contribution >= 4 is 5.69 Å². The predicted octanol–water partition coefficient (Wildman–Crippen LogP) is 1.20. The lowest BCUT2D eigenvalue weighted by molar-refractivity contribution is 0.0133. The van der Waals surface area contributed by atoms with Crippen molar-refractivity contribution < 1.29 is 5.11 Å². The van der Waals surface area contributed by atoms with Crippen molar-refractivity contribution in [2.75, 3.05) is 38.8 Å². The summed E-state index contributed by atoms with van der Waals surface area (Å²) in [6.45, 7) is 3.68. The zero-order valence-electron chi connectivity index (χ0n) is 10.3. The van der Waals surface area contributed by atoms with Crippen LogP contribution in [0.2, 0.25) is 0 Å². The summed E-state index contributed by atoms with van der Waals surface area (Å²) in [5, 5.41) is 15.3. The van der Waals surface area contributed by atoms with Gasteiger partial charge in [-0.2, -0.15) is 5.12 Å². The molecule has 4 heteroatoms. The van der Waals surface area contributed by atoms with Crippen LogP contribution >= 0.6 is 0 Å². The van der Waals surface area contributed by atoms with Gasteiger partial charge in [0.05, 0.1) is 18.8 Å². The molecule has 0 aromatic heterocycles. The molecule has 0 saturated carbocycles. The maximum Gasteiger partial charge on any atom is 0.0623 e. The smallest absolute Gasteiger partial charge is 0.0623 e. The lowest BCUT2D eigenvalue weighted by Crippen LogP contribution is -2.51. The highest BCUT2D eigenvalue weighted by molar-refractivity contribution is 5.44. The van der Waals surface area contributed by atoms with E-state index in [4.69, 9.17) is 5.11 Å². The summed E-state index contributed by atoms with van der Waals surface area (Å²) in [4.78, 5) is 0. The van der Waals surface area contributed by atoms with Crippen LogP contribution in [-0.2, 0) is 0 Å². The number of hydrogen-bond acceptors (Lipinski definition) is 4. The molecule has 0 saturated heterocycles. The molecule has 0 atom stereocenters. The molecule has 0 aliphatic carbocycles. The Balaban J connectivity index is 2.89. The van der Waals surface area contributed by atoms with E-state index in [1.165, 1.54) is 0 Å². The molecule has 1 aromatic carbocycles. The molecule has 0 fully saturated rings. The second kappa shape index (κ2) is 6.48. The van der Waals surface area contributed by atoms with Crippen molar-refractivity contribution in [2.24, 2.45) is 0 Å². The molecule has 0 aliphatic rings. The van der Waals surface area contributed by atoms with E-state index < -0.39 is 0 Å². The molecule has 1 N–H and O–H groups in total. The van der Waals surface area contributed by atoms with Crippen LogP contribution < -0.4 is 5.01 Å². The van der Waals surface area contributed by atoms with Gasteiger partial charge in [0, 0.05) is 20.6 Å². The summed E-state index contributed by atoms with van der Waals surface area (Å²) in [6, 6.07) is 10.1. The van der Waals surface area contributed by atoms with Gasteiger partial charge < -0.3 is 5.11 Å². The molecule has 16 heavy (non-hydrogen) atoms. The van der Waals surface area contributed by atoms with Crippen LogP contribution in [0.1, 0.15) is 6.92 Å². The first kappa shape index (κ1) is 13.0. The Kier molecular flexibility index (Phi) is 5.25. The summed E-state index contributed by atoms with van der Waals surface area (Å²) in [6.07, 6.45) is 0. The first-order valence-corrected chi connectivity index (χ1v) is 5.58. The van der Waals surface area contributed by atoms with E-state index in [9.17, 15) is 0 Å². The fraction of sp³-hybridized carbons (Fsp3) is 0.500. The predicted molar refractivity (Wildman–Crippen MR) is 66.9 cm³/mol. The maximum atomic E-state index is 9.14. The quantitative estimate of drug-likeness (QED) is 0.734. The normalized spacial score (nSPS) is 11.1. The van der Waals surface area contributed by atoms with Crippen LogP contribution in [0.15, 0.2) is 30.3 Å². The van der Waals surface area contributed by atoms with Crippen LogP contribution in [0.25, 0.3) is 0 Å². The van der Waals surface area contributed by atoms with Gasteiger partial charge in [-0.25, -0.2) is 5.01 Å². The monoisotopic (exact) mass is 223 g/mol. The Morgan fingerprint density at radius 2 is 1.75 bits per heavy atom. The number of benzene rings is 1. The van der Waals surface area contributed by atoms with E-state index in [1.54, 1.807) is 0 Å². The van der Waals surface area contributed by atoms with Crippen molar-refractivity contribution in [3.8, 4) is 0 Å². The van der Waals surface area contributed by atoms with Crippen LogP contribution in [0.5, 0.6) is 0 Å². The fourth-order valence-corrected chi connectivity index (χ4v) is 1.74. The third-order valence-electron chi connectivity index (χ3n) is 2.39. The molecule has 0 unspecified atom stereocenters. The summed E-state index contributed by atoms with van der Waals surface area (Å²) in [5.41, 5.74) is 1.09. The van der Waals surface area contributed by atoms with E-state index in [0.717, 1.165) is 12.2 Å². The van der Waals surface area contributed by atoms with Crippen molar-refractivity contribution in [2.45, 2.75) is 6.92 Å². The van der Waals surface area contributed by atoms with Gasteiger partial charge in [-0.3, -0.25) is 5.01 Å². The van der Waals surface area contributed by atoms with E-state index in [1.807, 2.05) is 49.4 Å². The molecule has 90 valence electrons. The van der Waals surface area contributed by atoms with Gasteiger partial charge in [0.15, 0.2) is 0 Å². The summed E-state index contributed by atoms with van der Waals surface area (Å²) < 4.78 is 0. The third kappa shape index (κ3) is 3.20. The largest absolute Gasteiger partial charge is 0.394 e. The first-order valence-electron chi connectivity index (χ1n) is 5.58. The van der Waals surface area contributed by atoms with Crippen LogP contribution in [0.3, 0.4) is 0 Å². The second-order valence-corrected chi connectivity index (χ2v) is 3.72. The van der Waals surface area contributed by atoms with E-state index >= 15 is 0 Å². The number of anilines is 1. The average Bonchev–Trinajstić information content (AvgIpc) is 2.29. The highest BCUT2D eigenvalue weighted by atomic mass is 16.3. The van der Waals surface area contributed by atoms with Crippen molar-refractivity contribution in [3.63, 3.8) is 0 Å². The maximum absolute atomic E-state index is 9.14. The number of hydrazine groups is 2. The summed E-state index contributed by atoms with van der Waals surface area (Å²) in [5.74, 6) is 0. The second-order valence-electron chi connectivity index (χ2n) is 3.72. The number of hydrogen-bond donors (Lipinski definition) is 1. The molecule has 1 rings (SSSR count). The number of rotatable bonds is 6. The van der Waals surface area contributed by atoms with Crippen molar-refractivity contribution in [3.05, 3.63) is 30.3 Å². The lowest BCUT2D eigenvalue weighted by Gasteiger charge is -2.39. The van der Waals surface area contributed by atoms with Gasteiger partial charge in [0.1, 0.15) is 0 Å². The highest BCUT2D eigenvalue weighted by Crippen LogP contribution is 2.15. The molecule has 0 aliphatic heterocycles. The highest BCUT2D eigenvalue weighted by Gasteiger charge is 2.15. The molecule has 4 nitrogen and oxygen atoms in total. The minimum absolute atomic E-state index is 0.138. The molecule has 0 bridgehead atoms. The van der Waals surface area contributed by atoms with Gasteiger partial charge in [-0.15, -0.1) is 0 Å². The zero-order valence-corrected chi connectivity index (χ0v) is 10.3. The molecule has 0 heterocycles. The Labute approximate surface area is 97.6 Å². The van der Waals surface area contributed by atoms with E-state index in [2.05, 4.69) is 17.1 Å². The van der Waals surface area contributed by atoms with Gasteiger partial charge >= 0.3 is 0 Å². The molecular formula is C12H21N3O. The topological polar surface area (TPSA) is 30.0 Å².